The van der Waals surface area contributed by atoms with Gasteiger partial charge in [-0.25, -0.2) is 10.9 Å². The van der Waals surface area contributed by atoms with Gasteiger partial charge in [0, 0.05) is 27.3 Å². The minimum absolute atomic E-state index is 0.0772. The number of nitrogens with one attached hydrogen (secondary N) is 7. The first kappa shape index (κ1) is 86.2. The molecule has 4 rings (SSSR count). The number of carboxylic acid groups (broad SMARTS) is 1. The Hall–Kier alpha value is -7.93. The summed E-state index contributed by atoms with van der Waals surface area (Å²) < 4.78 is 27.1. The fourth-order valence-electron chi connectivity index (χ4n) is 10.7. The van der Waals surface area contributed by atoms with E-state index in [0.717, 1.165) is 11.1 Å². The Morgan fingerprint density at radius 3 is 1.36 bits per heavy atom. The number of allylic oxidation sites excluding steroid dienone is 2. The zero-order valence-corrected chi connectivity index (χ0v) is 61.7. The quantitative estimate of drug-likeness (QED) is 0.0244. The summed E-state index contributed by atoms with van der Waals surface area (Å²) in [7, 11) is 3.03. The maximum Gasteiger partial charge on any atom is 0.309 e. The number of carbonyl (C=O) groups is 9. The van der Waals surface area contributed by atoms with Gasteiger partial charge in [-0.1, -0.05) is 136 Å². The van der Waals surface area contributed by atoms with Crippen LogP contribution in [-0.4, -0.2) is 157 Å². The van der Waals surface area contributed by atoms with Crippen molar-refractivity contribution in [3.8, 4) is 11.5 Å². The highest BCUT2D eigenvalue weighted by Gasteiger charge is 2.37. The van der Waals surface area contributed by atoms with Crippen LogP contribution in [0.5, 0.6) is 11.5 Å². The number of hydrogen-bond donors (Lipinski definition) is 8. The summed E-state index contributed by atoms with van der Waals surface area (Å²) in [6, 6.07) is 10.9. The van der Waals surface area contributed by atoms with Gasteiger partial charge in [0.15, 0.2) is 0 Å². The van der Waals surface area contributed by atoms with E-state index in [0.29, 0.717) is 63.5 Å². The SMILES string of the molecule is C/C=C/[C@@H](OC)[C@@H](C)C(=O)O.C=CCOc1cccc([C@H](NC(=O)[C@@H]2CCCN(C(=O)[C@H](C)NC(=O)[C@@H](CC(=O)OC(C)(C)C)C(C)C)N2)C(C)C)c1.C=CCOc1cccc([C@H](NC(=O)[C@@H]2CCCN(C(=O)[C@H](C)NC(=O)[C@@H](NC(=O)[C@H](C)[C@@H](/C=C/C)OC)C(C)C)N2)C(C)C)c1. The summed E-state index contributed by atoms with van der Waals surface area (Å²) in [5.41, 5.74) is 7.32. The second-order valence-corrected chi connectivity index (χ2v) is 27.1. The van der Waals surface area contributed by atoms with Crippen molar-refractivity contribution in [3.05, 3.63) is 109 Å². The lowest BCUT2D eigenvalue weighted by Crippen LogP contribution is -2.62. The number of esters is 1. The molecule has 2 heterocycles. The Morgan fingerprint density at radius 1 is 0.582 bits per heavy atom. The zero-order valence-electron chi connectivity index (χ0n) is 61.7. The molecule has 2 saturated heterocycles. The van der Waals surface area contributed by atoms with Gasteiger partial charge in [0.2, 0.25) is 29.5 Å². The average molecular weight is 1370 g/mol. The summed E-state index contributed by atoms with van der Waals surface area (Å²) in [6.45, 7) is 40.0. The van der Waals surface area contributed by atoms with E-state index in [1.54, 1.807) is 78.8 Å². The number of hydrogen-bond acceptors (Lipinski definition) is 16. The Balaban J connectivity index is 0.000000578. The average Bonchev–Trinajstić information content (AvgIpc) is 0.841. The molecule has 0 radical (unpaired) electrons. The van der Waals surface area contributed by atoms with Crippen LogP contribution in [0.3, 0.4) is 0 Å². The predicted octanol–water partition coefficient (Wildman–Crippen LogP) is 8.80. The van der Waals surface area contributed by atoms with E-state index in [2.05, 4.69) is 50.6 Å². The van der Waals surface area contributed by atoms with Crippen molar-refractivity contribution in [1.29, 1.82) is 0 Å². The number of ether oxygens (including phenoxy) is 5. The number of methoxy groups -OCH3 is 2. The van der Waals surface area contributed by atoms with Crippen molar-refractivity contribution in [2.24, 2.45) is 41.4 Å². The largest absolute Gasteiger partial charge is 0.490 e. The van der Waals surface area contributed by atoms with Crippen LogP contribution in [0.15, 0.2) is 98.1 Å². The van der Waals surface area contributed by atoms with Gasteiger partial charge in [-0.3, -0.25) is 53.2 Å². The molecule has 2 fully saturated rings. The lowest BCUT2D eigenvalue weighted by Gasteiger charge is -2.36. The van der Waals surface area contributed by atoms with Crippen molar-refractivity contribution in [2.45, 2.75) is 210 Å². The first-order chi connectivity index (χ1) is 46.1. The smallest absolute Gasteiger partial charge is 0.309 e. The number of aliphatic carboxylic acids is 1. The molecule has 2 aliphatic heterocycles. The van der Waals surface area contributed by atoms with Crippen LogP contribution in [0.1, 0.15) is 173 Å². The molecule has 2 aliphatic rings. The van der Waals surface area contributed by atoms with Crippen LogP contribution in [-0.2, 0) is 57.4 Å². The van der Waals surface area contributed by atoms with Crippen molar-refractivity contribution in [2.75, 3.05) is 40.5 Å². The predicted molar refractivity (Wildman–Crippen MR) is 379 cm³/mol. The Kier molecular flexibility index (Phi) is 38.2. The van der Waals surface area contributed by atoms with E-state index in [1.807, 2.05) is 124 Å². The van der Waals surface area contributed by atoms with E-state index < -0.39 is 77.5 Å². The van der Waals surface area contributed by atoms with Gasteiger partial charge in [-0.15, -0.1) is 0 Å². The zero-order chi connectivity index (χ0) is 74.1. The first-order valence-corrected chi connectivity index (χ1v) is 34.2. The molecule has 12 atom stereocenters. The molecule has 2 aromatic carbocycles. The molecule has 7 amide bonds. The highest BCUT2D eigenvalue weighted by molar-refractivity contribution is 5.93. The summed E-state index contributed by atoms with van der Waals surface area (Å²) in [6.07, 6.45) is 12.0. The maximum absolute atomic E-state index is 13.4. The van der Waals surface area contributed by atoms with E-state index in [9.17, 15) is 43.2 Å². The van der Waals surface area contributed by atoms with Gasteiger partial charge in [0.25, 0.3) is 11.8 Å². The Morgan fingerprint density at radius 2 is 1.00 bits per heavy atom. The highest BCUT2D eigenvalue weighted by Crippen LogP contribution is 2.28. The molecular weight excluding hydrogens is 1250 g/mol. The van der Waals surface area contributed by atoms with E-state index >= 15 is 0 Å². The fraction of sp³-hybridized carbons (Fsp3) is 0.608. The number of nitrogens with zero attached hydrogens (tertiary/aromatic N) is 2. The third-order valence-corrected chi connectivity index (χ3v) is 16.4. The monoisotopic (exact) mass is 1370 g/mol. The number of rotatable bonds is 33. The number of hydrazine groups is 2. The molecule has 0 aromatic heterocycles. The molecule has 0 bridgehead atoms. The number of carboxylic acids is 1. The molecule has 548 valence electrons. The Labute approximate surface area is 582 Å². The number of benzene rings is 2. The second-order valence-electron chi connectivity index (χ2n) is 27.1. The second kappa shape index (κ2) is 43.5. The Bertz CT molecular complexity index is 2960. The molecule has 98 heavy (non-hydrogen) atoms. The van der Waals surface area contributed by atoms with Crippen molar-refractivity contribution >= 4 is 53.3 Å². The molecule has 0 unspecified atom stereocenters. The van der Waals surface area contributed by atoms with Crippen molar-refractivity contribution in [3.63, 3.8) is 0 Å². The first-order valence-electron chi connectivity index (χ1n) is 34.2. The van der Waals surface area contributed by atoms with Crippen LogP contribution in [0.4, 0.5) is 0 Å². The van der Waals surface area contributed by atoms with Crippen LogP contribution in [0, 0.1) is 41.4 Å². The van der Waals surface area contributed by atoms with Gasteiger partial charge in [-0.05, 0) is 140 Å². The molecule has 0 aliphatic carbocycles. The lowest BCUT2D eigenvalue weighted by molar-refractivity contribution is -0.158. The molecular formula is C74H117N9O15. The topological polar surface area (TPSA) is 311 Å². The van der Waals surface area contributed by atoms with Gasteiger partial charge in [0.05, 0.1) is 48.5 Å². The molecule has 8 N–H and O–H groups in total. The standard InChI is InChI=1S/C34H53N5O6.C32H50N4O6.C8H14O3/c1-10-14-28(44-9)23(7)31(40)37-30(22(5)6)33(42)35-24(8)34(43)39-18-13-17-27(38-39)32(41)36-29(21(3)4)25-15-12-16-26(20-25)45-19-11-2;1-10-17-41-24-14-11-13-23(18-24)28(21(4)5)34-30(39)26-15-12-16-36(35-26)31(40)22(6)33-29(38)25(20(2)3)19-27(37)42-32(7,8)9;1-4-5-7(11-3)6(2)8(9)10/h10-12,14-16,20-24,27-30,38H,2,13,17-19H2,1,3-9H3,(H,35,42)(H,36,41)(H,37,40);10-11,13-14,18,20-22,25-26,28,35H,1,12,15-17,19H2,2-9H3,(H,33,38)(H,34,39);4-7H,1-3H3,(H,9,10)/b14-10+;;5-4+/t23-,24+,27+,28-,29-,30+;22-,25-,26-,28+;6-,7-/m101/s1. The molecule has 24 heteroatoms. The summed E-state index contributed by atoms with van der Waals surface area (Å²) in [4.78, 5) is 116. The van der Waals surface area contributed by atoms with E-state index in [-0.39, 0.29) is 83.7 Å². The minimum Gasteiger partial charge on any atom is -0.490 e. The minimum atomic E-state index is -0.890. The highest BCUT2D eigenvalue weighted by atomic mass is 16.6. The van der Waals surface area contributed by atoms with E-state index in [4.69, 9.17) is 28.8 Å². The third kappa shape index (κ3) is 29.3. The van der Waals surface area contributed by atoms with Gasteiger partial charge in [-0.2, -0.15) is 0 Å². The van der Waals surface area contributed by atoms with Crippen LogP contribution in [0.25, 0.3) is 0 Å². The van der Waals surface area contributed by atoms with Gasteiger partial charge >= 0.3 is 11.9 Å². The van der Waals surface area contributed by atoms with Crippen molar-refractivity contribution in [1.82, 2.24) is 47.5 Å². The molecule has 24 nitrogen and oxygen atoms in total. The summed E-state index contributed by atoms with van der Waals surface area (Å²) in [5, 5.41) is 26.0. The molecule has 2 aromatic rings. The van der Waals surface area contributed by atoms with Crippen LogP contribution < -0.4 is 46.9 Å². The summed E-state index contributed by atoms with van der Waals surface area (Å²) in [5.74, 6) is -4.05. The fourth-order valence-corrected chi connectivity index (χ4v) is 10.7. The molecule has 0 spiro atoms. The van der Waals surface area contributed by atoms with Crippen molar-refractivity contribution < 1.29 is 71.9 Å². The lowest BCUT2D eigenvalue weighted by atomic mass is 9.91. The van der Waals surface area contributed by atoms with Gasteiger partial charge < -0.3 is 55.4 Å². The van der Waals surface area contributed by atoms with Crippen LogP contribution in [0.2, 0.25) is 0 Å². The van der Waals surface area contributed by atoms with E-state index in [1.165, 1.54) is 24.2 Å². The molecule has 0 saturated carbocycles. The van der Waals surface area contributed by atoms with Crippen LogP contribution >= 0.6 is 0 Å². The summed E-state index contributed by atoms with van der Waals surface area (Å²) >= 11 is 0. The normalized spacial score (nSPS) is 17.9. The number of carbonyl (C=O) groups excluding carboxylic acids is 8. The van der Waals surface area contributed by atoms with Gasteiger partial charge in [0.1, 0.15) is 60.5 Å². The maximum atomic E-state index is 13.4. The number of amides is 7. The third-order valence-electron chi connectivity index (χ3n) is 16.4.